The summed E-state index contributed by atoms with van der Waals surface area (Å²) in [5.74, 6) is 7.37. The number of ether oxygens (including phenoxy) is 1. The summed E-state index contributed by atoms with van der Waals surface area (Å²) in [5.41, 5.74) is 3.44. The van der Waals surface area contributed by atoms with Gasteiger partial charge in [0.2, 0.25) is 5.95 Å². The van der Waals surface area contributed by atoms with Crippen LogP contribution in [-0.4, -0.2) is 36.8 Å². The molecule has 1 aliphatic rings. The highest BCUT2D eigenvalue weighted by Crippen LogP contribution is 2.26. The van der Waals surface area contributed by atoms with Gasteiger partial charge in [0.15, 0.2) is 0 Å². The Hall–Kier alpha value is -1.92. The van der Waals surface area contributed by atoms with Crippen molar-refractivity contribution in [2.45, 2.75) is 12.8 Å². The number of benzene rings is 1. The molecular weight excluding hydrogens is 266 g/mol. The number of rotatable bonds is 4. The summed E-state index contributed by atoms with van der Waals surface area (Å²) in [5, 5.41) is 1.04. The first-order valence-electron chi connectivity index (χ1n) is 7.30. The van der Waals surface area contributed by atoms with Crippen LogP contribution in [0.1, 0.15) is 12.8 Å². The Kier molecular flexibility index (Phi) is 4.17. The third kappa shape index (κ3) is 3.06. The standard InChI is InChI=1S/C15H21N5O/c1-20(9-11-5-4-8-21-10-11)14-12-6-2-3-7-13(12)17-15(18-14)19-16/h2-3,6-7,11H,4-5,8-10,16H2,1H3,(H,17,18,19). The quantitative estimate of drug-likeness (QED) is 0.659. The van der Waals surface area contributed by atoms with E-state index in [9.17, 15) is 0 Å². The molecule has 0 spiro atoms. The monoisotopic (exact) mass is 287 g/mol. The van der Waals surface area contributed by atoms with E-state index < -0.39 is 0 Å². The number of aromatic nitrogens is 2. The van der Waals surface area contributed by atoms with Crippen LogP contribution in [0.5, 0.6) is 0 Å². The van der Waals surface area contributed by atoms with Crippen molar-refractivity contribution in [1.29, 1.82) is 0 Å². The van der Waals surface area contributed by atoms with Crippen molar-refractivity contribution in [3.05, 3.63) is 24.3 Å². The molecule has 0 radical (unpaired) electrons. The highest BCUT2D eigenvalue weighted by atomic mass is 16.5. The maximum Gasteiger partial charge on any atom is 0.239 e. The number of hydrogen-bond acceptors (Lipinski definition) is 6. The number of nitrogens with zero attached hydrogens (tertiary/aromatic N) is 3. The third-order valence-corrected chi connectivity index (χ3v) is 3.86. The van der Waals surface area contributed by atoms with Crippen LogP contribution in [-0.2, 0) is 4.74 Å². The SMILES string of the molecule is CN(CC1CCCOC1)c1nc(NN)nc2ccccc12. The lowest BCUT2D eigenvalue weighted by atomic mass is 10.0. The molecule has 6 heteroatoms. The van der Waals surface area contributed by atoms with E-state index in [1.807, 2.05) is 24.3 Å². The molecule has 3 rings (SSSR count). The summed E-state index contributed by atoms with van der Waals surface area (Å²) in [6.45, 7) is 2.64. The molecule has 0 aliphatic carbocycles. The fourth-order valence-electron chi connectivity index (χ4n) is 2.84. The molecule has 1 unspecified atom stereocenters. The van der Waals surface area contributed by atoms with E-state index in [1.165, 1.54) is 6.42 Å². The van der Waals surface area contributed by atoms with E-state index in [2.05, 4.69) is 27.3 Å². The van der Waals surface area contributed by atoms with Crippen LogP contribution in [0.4, 0.5) is 11.8 Å². The first-order chi connectivity index (χ1) is 10.3. The fraction of sp³-hybridized carbons (Fsp3) is 0.467. The Balaban J connectivity index is 1.90. The van der Waals surface area contributed by atoms with Crippen molar-refractivity contribution in [3.8, 4) is 0 Å². The van der Waals surface area contributed by atoms with Crippen molar-refractivity contribution >= 4 is 22.7 Å². The smallest absolute Gasteiger partial charge is 0.239 e. The van der Waals surface area contributed by atoms with E-state index in [4.69, 9.17) is 10.6 Å². The Morgan fingerprint density at radius 1 is 1.38 bits per heavy atom. The predicted octanol–water partition coefficient (Wildman–Crippen LogP) is 1.78. The van der Waals surface area contributed by atoms with Gasteiger partial charge in [-0.1, -0.05) is 12.1 Å². The van der Waals surface area contributed by atoms with Crippen molar-refractivity contribution in [2.75, 3.05) is 37.1 Å². The topological polar surface area (TPSA) is 76.3 Å². The van der Waals surface area contributed by atoms with Crippen molar-refractivity contribution in [2.24, 2.45) is 11.8 Å². The normalized spacial score (nSPS) is 18.7. The summed E-state index contributed by atoms with van der Waals surface area (Å²) in [4.78, 5) is 11.1. The molecule has 1 aliphatic heterocycles. The van der Waals surface area contributed by atoms with Crippen LogP contribution >= 0.6 is 0 Å². The Labute approximate surface area is 124 Å². The number of hydrogen-bond donors (Lipinski definition) is 2. The average molecular weight is 287 g/mol. The zero-order valence-electron chi connectivity index (χ0n) is 12.2. The van der Waals surface area contributed by atoms with E-state index in [1.54, 1.807) is 0 Å². The van der Waals surface area contributed by atoms with E-state index >= 15 is 0 Å². The minimum Gasteiger partial charge on any atom is -0.381 e. The van der Waals surface area contributed by atoms with Crippen LogP contribution in [0, 0.1) is 5.92 Å². The zero-order valence-corrected chi connectivity index (χ0v) is 12.2. The molecule has 1 aromatic heterocycles. The molecule has 112 valence electrons. The number of para-hydroxylation sites is 1. The predicted molar refractivity (Wildman–Crippen MR) is 84.2 cm³/mol. The van der Waals surface area contributed by atoms with E-state index in [0.717, 1.165) is 42.9 Å². The molecule has 1 atom stereocenters. The van der Waals surface area contributed by atoms with Gasteiger partial charge in [-0.25, -0.2) is 10.8 Å². The molecule has 0 saturated carbocycles. The zero-order chi connectivity index (χ0) is 14.7. The lowest BCUT2D eigenvalue weighted by molar-refractivity contribution is 0.0576. The Morgan fingerprint density at radius 2 is 2.24 bits per heavy atom. The molecule has 3 N–H and O–H groups in total. The summed E-state index contributed by atoms with van der Waals surface area (Å²) < 4.78 is 5.56. The second-order valence-corrected chi connectivity index (χ2v) is 5.50. The Morgan fingerprint density at radius 3 is 3.00 bits per heavy atom. The van der Waals surface area contributed by atoms with Gasteiger partial charge in [-0.15, -0.1) is 0 Å². The highest BCUT2D eigenvalue weighted by molar-refractivity contribution is 5.90. The van der Waals surface area contributed by atoms with Crippen molar-refractivity contribution in [1.82, 2.24) is 9.97 Å². The van der Waals surface area contributed by atoms with Gasteiger partial charge in [-0.05, 0) is 30.9 Å². The maximum absolute atomic E-state index is 5.56. The fourth-order valence-corrected chi connectivity index (χ4v) is 2.84. The number of hydrazine groups is 1. The number of nitrogens with one attached hydrogen (secondary N) is 1. The number of fused-ring (bicyclic) bond motifs is 1. The van der Waals surface area contributed by atoms with Crippen LogP contribution in [0.15, 0.2) is 24.3 Å². The van der Waals surface area contributed by atoms with Gasteiger partial charge in [-0.2, -0.15) is 4.98 Å². The number of anilines is 2. The van der Waals surface area contributed by atoms with Gasteiger partial charge in [0, 0.05) is 25.6 Å². The van der Waals surface area contributed by atoms with Crippen LogP contribution in [0.3, 0.4) is 0 Å². The van der Waals surface area contributed by atoms with Crippen LogP contribution < -0.4 is 16.2 Å². The maximum atomic E-state index is 5.56. The summed E-state index contributed by atoms with van der Waals surface area (Å²) in [6, 6.07) is 7.98. The molecule has 6 nitrogen and oxygen atoms in total. The van der Waals surface area contributed by atoms with Crippen molar-refractivity contribution in [3.63, 3.8) is 0 Å². The molecule has 1 aromatic carbocycles. The average Bonchev–Trinajstić information content (AvgIpc) is 2.54. The van der Waals surface area contributed by atoms with Crippen LogP contribution in [0.2, 0.25) is 0 Å². The first-order valence-corrected chi connectivity index (χ1v) is 7.30. The van der Waals surface area contributed by atoms with Gasteiger partial charge >= 0.3 is 0 Å². The molecule has 1 saturated heterocycles. The molecule has 1 fully saturated rings. The van der Waals surface area contributed by atoms with Crippen LogP contribution in [0.25, 0.3) is 10.9 Å². The largest absolute Gasteiger partial charge is 0.381 e. The van der Waals surface area contributed by atoms with Gasteiger partial charge in [0.05, 0.1) is 12.1 Å². The molecular formula is C15H21N5O. The number of nitrogen functional groups attached to an aromatic ring is 1. The number of nitrogens with two attached hydrogens (primary N) is 1. The van der Waals surface area contributed by atoms with Gasteiger partial charge in [0.1, 0.15) is 5.82 Å². The minimum atomic E-state index is 0.440. The molecule has 2 heterocycles. The molecule has 2 aromatic rings. The lowest BCUT2D eigenvalue weighted by Gasteiger charge is -2.28. The van der Waals surface area contributed by atoms with Gasteiger partial charge < -0.3 is 9.64 Å². The molecule has 0 amide bonds. The second-order valence-electron chi connectivity index (χ2n) is 5.50. The second kappa shape index (κ2) is 6.24. The highest BCUT2D eigenvalue weighted by Gasteiger charge is 2.18. The summed E-state index contributed by atoms with van der Waals surface area (Å²) >= 11 is 0. The van der Waals surface area contributed by atoms with E-state index in [0.29, 0.717) is 11.9 Å². The Bertz CT molecular complexity index is 612. The summed E-state index contributed by atoms with van der Waals surface area (Å²) in [7, 11) is 2.06. The summed E-state index contributed by atoms with van der Waals surface area (Å²) in [6.07, 6.45) is 2.34. The van der Waals surface area contributed by atoms with Gasteiger partial charge in [0.25, 0.3) is 0 Å². The first kappa shape index (κ1) is 14.0. The lowest BCUT2D eigenvalue weighted by Crippen LogP contribution is -2.31. The molecule has 0 bridgehead atoms. The van der Waals surface area contributed by atoms with Gasteiger partial charge in [-0.3, -0.25) is 5.43 Å². The third-order valence-electron chi connectivity index (χ3n) is 3.86. The minimum absolute atomic E-state index is 0.440. The van der Waals surface area contributed by atoms with E-state index in [-0.39, 0.29) is 0 Å². The van der Waals surface area contributed by atoms with Crippen molar-refractivity contribution < 1.29 is 4.74 Å². The molecule has 21 heavy (non-hydrogen) atoms.